The van der Waals surface area contributed by atoms with E-state index in [2.05, 4.69) is 10.1 Å². The van der Waals surface area contributed by atoms with Gasteiger partial charge in [-0.25, -0.2) is 13.4 Å². The fourth-order valence-corrected chi connectivity index (χ4v) is 4.85. The number of ether oxygens (including phenoxy) is 1. The summed E-state index contributed by atoms with van der Waals surface area (Å²) in [6, 6.07) is 7.61. The first-order valence-electron chi connectivity index (χ1n) is 8.69. The zero-order valence-electron chi connectivity index (χ0n) is 15.0. The van der Waals surface area contributed by atoms with Gasteiger partial charge in [0.1, 0.15) is 4.90 Å². The van der Waals surface area contributed by atoms with Crippen LogP contribution in [0.2, 0.25) is 0 Å². The molecule has 0 spiro atoms. The summed E-state index contributed by atoms with van der Waals surface area (Å²) in [5, 5.41) is 4.16. The molecule has 0 N–H and O–H groups in total. The number of fused-ring (bicyclic) bond motifs is 1. The normalized spacial score (nSPS) is 17.1. The fraction of sp³-hybridized carbons (Fsp3) is 0.333. The molecule has 1 atom stereocenters. The average molecular weight is 387 g/mol. The molecule has 0 saturated carbocycles. The predicted octanol–water partition coefficient (Wildman–Crippen LogP) is 1.72. The highest BCUT2D eigenvalue weighted by molar-refractivity contribution is 7.92. The topological polar surface area (TPSA) is 82.2 Å². The number of hydrogen-bond acceptors (Lipinski definition) is 5. The van der Waals surface area contributed by atoms with Gasteiger partial charge in [-0.1, -0.05) is 18.2 Å². The summed E-state index contributed by atoms with van der Waals surface area (Å²) in [6.07, 6.45) is 9.01. The minimum atomic E-state index is -3.73. The summed E-state index contributed by atoms with van der Waals surface area (Å²) in [6.45, 7) is 1.32. The minimum Gasteiger partial charge on any atom is -0.383 e. The standard InChI is InChI=1S/C18H21N5O3S/c1-26-9-8-22-13-17(11-20-22)27(24,25)23-12-16(21-7-6-19-14-21)10-15-4-2-3-5-18(15)23/h2-7,11,13-14,16H,8-10,12H2,1H3/t16-/m0/s1. The summed E-state index contributed by atoms with van der Waals surface area (Å²) >= 11 is 0. The SMILES string of the molecule is COCCn1cc(S(=O)(=O)N2C[C@@H](n3ccnc3)Cc3ccccc32)cn1. The van der Waals surface area contributed by atoms with Crippen LogP contribution in [0.4, 0.5) is 5.69 Å². The van der Waals surface area contributed by atoms with Crippen LogP contribution in [0.3, 0.4) is 0 Å². The molecule has 0 unspecified atom stereocenters. The Morgan fingerprint density at radius 3 is 2.93 bits per heavy atom. The maximum atomic E-state index is 13.4. The van der Waals surface area contributed by atoms with Crippen molar-refractivity contribution in [2.45, 2.75) is 23.9 Å². The Morgan fingerprint density at radius 2 is 2.15 bits per heavy atom. The van der Waals surface area contributed by atoms with Gasteiger partial charge in [0.15, 0.2) is 0 Å². The molecule has 3 heterocycles. The summed E-state index contributed by atoms with van der Waals surface area (Å²) < 4.78 is 36.8. The third kappa shape index (κ3) is 3.35. The molecule has 0 amide bonds. The highest BCUT2D eigenvalue weighted by atomic mass is 32.2. The summed E-state index contributed by atoms with van der Waals surface area (Å²) in [5.74, 6) is 0. The lowest BCUT2D eigenvalue weighted by atomic mass is 10.00. The van der Waals surface area contributed by atoms with E-state index in [1.807, 2.05) is 35.0 Å². The number of methoxy groups -OCH3 is 1. The molecule has 1 aliphatic heterocycles. The number of benzene rings is 1. The number of aromatic nitrogens is 4. The van der Waals surface area contributed by atoms with E-state index in [0.717, 1.165) is 17.7 Å². The Labute approximate surface area is 158 Å². The molecule has 1 aromatic carbocycles. The fourth-order valence-electron chi connectivity index (χ4n) is 3.36. The Balaban J connectivity index is 1.71. The van der Waals surface area contributed by atoms with E-state index in [9.17, 15) is 8.42 Å². The third-order valence-electron chi connectivity index (χ3n) is 4.76. The van der Waals surface area contributed by atoms with Crippen molar-refractivity contribution in [1.29, 1.82) is 0 Å². The summed E-state index contributed by atoms with van der Waals surface area (Å²) in [4.78, 5) is 4.28. The van der Waals surface area contributed by atoms with Crippen molar-refractivity contribution >= 4 is 15.7 Å². The molecule has 3 aromatic rings. The number of anilines is 1. The van der Waals surface area contributed by atoms with Gasteiger partial charge in [0.25, 0.3) is 10.0 Å². The maximum Gasteiger partial charge on any atom is 0.267 e. The molecule has 0 saturated heterocycles. The molecule has 27 heavy (non-hydrogen) atoms. The van der Waals surface area contributed by atoms with Gasteiger partial charge < -0.3 is 9.30 Å². The first kappa shape index (κ1) is 17.7. The lowest BCUT2D eigenvalue weighted by Crippen LogP contribution is -2.40. The molecule has 9 heteroatoms. The number of rotatable bonds is 6. The Morgan fingerprint density at radius 1 is 1.30 bits per heavy atom. The molecule has 0 bridgehead atoms. The monoisotopic (exact) mass is 387 g/mol. The van der Waals surface area contributed by atoms with Crippen molar-refractivity contribution < 1.29 is 13.2 Å². The molecule has 142 valence electrons. The van der Waals surface area contributed by atoms with Crippen molar-refractivity contribution in [3.63, 3.8) is 0 Å². The molecule has 0 aliphatic carbocycles. The van der Waals surface area contributed by atoms with Crippen LogP contribution in [-0.4, -0.2) is 48.0 Å². The van der Waals surface area contributed by atoms with Crippen molar-refractivity contribution in [3.05, 3.63) is 60.9 Å². The number of sulfonamides is 1. The minimum absolute atomic E-state index is 0.0132. The van der Waals surface area contributed by atoms with Crippen molar-refractivity contribution in [2.24, 2.45) is 0 Å². The second kappa shape index (κ2) is 7.16. The van der Waals surface area contributed by atoms with Gasteiger partial charge in [-0.2, -0.15) is 5.10 Å². The maximum absolute atomic E-state index is 13.4. The number of imidazole rings is 1. The van der Waals surface area contributed by atoms with E-state index in [1.54, 1.807) is 30.5 Å². The zero-order valence-corrected chi connectivity index (χ0v) is 15.8. The average Bonchev–Trinajstić information content (AvgIpc) is 3.37. The Hall–Kier alpha value is -2.65. The van der Waals surface area contributed by atoms with Gasteiger partial charge in [0.2, 0.25) is 0 Å². The van der Waals surface area contributed by atoms with Gasteiger partial charge in [-0.05, 0) is 18.1 Å². The molecule has 0 fully saturated rings. The Bertz CT molecular complexity index is 1010. The molecule has 0 radical (unpaired) electrons. The van der Waals surface area contributed by atoms with E-state index in [4.69, 9.17) is 4.74 Å². The second-order valence-corrected chi connectivity index (χ2v) is 8.33. The summed E-state index contributed by atoms with van der Waals surface area (Å²) in [7, 11) is -2.13. The van der Waals surface area contributed by atoms with Crippen LogP contribution in [0.5, 0.6) is 0 Å². The predicted molar refractivity (Wildman–Crippen MR) is 100 cm³/mol. The lowest BCUT2D eigenvalue weighted by Gasteiger charge is -2.35. The van der Waals surface area contributed by atoms with Crippen molar-refractivity contribution in [3.8, 4) is 0 Å². The third-order valence-corrected chi connectivity index (χ3v) is 6.49. The van der Waals surface area contributed by atoms with E-state index >= 15 is 0 Å². The van der Waals surface area contributed by atoms with Gasteiger partial charge in [-0.15, -0.1) is 0 Å². The van der Waals surface area contributed by atoms with Gasteiger partial charge >= 0.3 is 0 Å². The summed E-state index contributed by atoms with van der Waals surface area (Å²) in [5.41, 5.74) is 1.72. The number of hydrogen-bond donors (Lipinski definition) is 0. The van der Waals surface area contributed by atoms with Crippen LogP contribution in [0.25, 0.3) is 0 Å². The van der Waals surface area contributed by atoms with Gasteiger partial charge in [0.05, 0.1) is 43.9 Å². The molecule has 1 aliphatic rings. The van der Waals surface area contributed by atoms with Crippen LogP contribution in [0, 0.1) is 0 Å². The molecule has 8 nitrogen and oxygen atoms in total. The van der Waals surface area contributed by atoms with Gasteiger partial charge in [-0.3, -0.25) is 8.99 Å². The molecular formula is C18H21N5O3S. The first-order chi connectivity index (χ1) is 13.1. The first-order valence-corrected chi connectivity index (χ1v) is 10.1. The molecule has 2 aromatic heterocycles. The highest BCUT2D eigenvalue weighted by Crippen LogP contribution is 2.35. The molecule has 4 rings (SSSR count). The van der Waals surface area contributed by atoms with E-state index in [1.165, 1.54) is 10.5 Å². The van der Waals surface area contributed by atoms with E-state index < -0.39 is 10.0 Å². The number of nitrogens with zero attached hydrogens (tertiary/aromatic N) is 5. The quantitative estimate of drug-likeness (QED) is 0.643. The van der Waals surface area contributed by atoms with E-state index in [-0.39, 0.29) is 10.9 Å². The van der Waals surface area contributed by atoms with E-state index in [0.29, 0.717) is 19.7 Å². The van der Waals surface area contributed by atoms with Crippen LogP contribution in [0.15, 0.2) is 60.3 Å². The largest absolute Gasteiger partial charge is 0.383 e. The highest BCUT2D eigenvalue weighted by Gasteiger charge is 2.34. The van der Waals surface area contributed by atoms with Crippen molar-refractivity contribution in [2.75, 3.05) is 24.6 Å². The molecular weight excluding hydrogens is 366 g/mol. The smallest absolute Gasteiger partial charge is 0.267 e. The zero-order chi connectivity index (χ0) is 18.9. The van der Waals surface area contributed by atoms with Crippen molar-refractivity contribution in [1.82, 2.24) is 19.3 Å². The van der Waals surface area contributed by atoms with Crippen LogP contribution in [-0.2, 0) is 27.7 Å². The van der Waals surface area contributed by atoms with Crippen LogP contribution >= 0.6 is 0 Å². The Kier molecular flexibility index (Phi) is 4.71. The van der Waals surface area contributed by atoms with Crippen LogP contribution in [0.1, 0.15) is 11.6 Å². The number of para-hydroxylation sites is 1. The van der Waals surface area contributed by atoms with Gasteiger partial charge in [0, 0.05) is 25.7 Å². The lowest BCUT2D eigenvalue weighted by molar-refractivity contribution is 0.183. The van der Waals surface area contributed by atoms with Crippen LogP contribution < -0.4 is 4.31 Å². The second-order valence-electron chi connectivity index (χ2n) is 6.46.